The van der Waals surface area contributed by atoms with Crippen molar-refractivity contribution in [1.82, 2.24) is 0 Å². The lowest BCUT2D eigenvalue weighted by atomic mass is 10.2. The summed E-state index contributed by atoms with van der Waals surface area (Å²) in [5.74, 6) is -0.853. The molecule has 0 radical (unpaired) electrons. The molecule has 0 heterocycles. The molecule has 0 aliphatic carbocycles. The van der Waals surface area contributed by atoms with Gasteiger partial charge >= 0.3 is 5.97 Å². The Morgan fingerprint density at radius 1 is 1.15 bits per heavy atom. The summed E-state index contributed by atoms with van der Waals surface area (Å²) in [5, 5.41) is 2.76. The molecule has 0 spiro atoms. The number of hydrogen-bond acceptors (Lipinski definition) is 5. The minimum Gasteiger partial charge on any atom is -0.465 e. The van der Waals surface area contributed by atoms with Crippen LogP contribution in [0.3, 0.4) is 0 Å². The van der Waals surface area contributed by atoms with Crippen LogP contribution in [0.5, 0.6) is 0 Å². The number of rotatable bonds is 6. The summed E-state index contributed by atoms with van der Waals surface area (Å²) in [7, 11) is -2.70. The van der Waals surface area contributed by atoms with Crippen LogP contribution in [0.4, 0.5) is 11.4 Å². The molecule has 0 bridgehead atoms. The van der Waals surface area contributed by atoms with E-state index in [-0.39, 0.29) is 33.6 Å². The standard InChI is InChI=1S/C18H19ClN2O5S/c1-4-21(17-11-13(18(23)26-3)5-10-16(17)19)27(24,25)15-8-6-14(7-9-15)20-12(2)22/h5-11H,4H2,1-3H3,(H,20,22). The molecule has 9 heteroatoms. The average molecular weight is 411 g/mol. The normalized spacial score (nSPS) is 11.0. The van der Waals surface area contributed by atoms with Crippen LogP contribution in [0.1, 0.15) is 24.2 Å². The van der Waals surface area contributed by atoms with Gasteiger partial charge in [-0.05, 0) is 49.4 Å². The number of nitrogens with zero attached hydrogens (tertiary/aromatic N) is 1. The van der Waals surface area contributed by atoms with Gasteiger partial charge in [0, 0.05) is 19.2 Å². The van der Waals surface area contributed by atoms with Crippen molar-refractivity contribution in [3.8, 4) is 0 Å². The van der Waals surface area contributed by atoms with Crippen LogP contribution in [0.15, 0.2) is 47.4 Å². The molecule has 0 atom stereocenters. The van der Waals surface area contributed by atoms with Crippen LogP contribution in [0.2, 0.25) is 5.02 Å². The number of benzene rings is 2. The fourth-order valence-electron chi connectivity index (χ4n) is 2.46. The maximum atomic E-state index is 13.1. The number of hydrogen-bond donors (Lipinski definition) is 1. The highest BCUT2D eigenvalue weighted by Crippen LogP contribution is 2.32. The lowest BCUT2D eigenvalue weighted by Gasteiger charge is -2.24. The van der Waals surface area contributed by atoms with E-state index >= 15 is 0 Å². The zero-order valence-electron chi connectivity index (χ0n) is 15.0. The molecule has 0 aromatic heterocycles. The van der Waals surface area contributed by atoms with Gasteiger partial charge in [-0.15, -0.1) is 0 Å². The van der Waals surface area contributed by atoms with Crippen LogP contribution >= 0.6 is 11.6 Å². The summed E-state index contributed by atoms with van der Waals surface area (Å²) < 4.78 is 31.9. The van der Waals surface area contributed by atoms with Gasteiger partial charge in [0.25, 0.3) is 10.0 Å². The molecule has 2 aromatic carbocycles. The monoisotopic (exact) mass is 410 g/mol. The van der Waals surface area contributed by atoms with E-state index in [0.717, 1.165) is 4.31 Å². The van der Waals surface area contributed by atoms with Crippen molar-refractivity contribution in [1.29, 1.82) is 0 Å². The van der Waals surface area contributed by atoms with E-state index in [1.165, 1.54) is 56.5 Å². The molecule has 144 valence electrons. The third-order valence-corrected chi connectivity index (χ3v) is 5.91. The van der Waals surface area contributed by atoms with Crippen molar-refractivity contribution in [2.24, 2.45) is 0 Å². The SMILES string of the molecule is CCN(c1cc(C(=O)OC)ccc1Cl)S(=O)(=O)c1ccc(NC(C)=O)cc1. The van der Waals surface area contributed by atoms with Gasteiger partial charge in [-0.2, -0.15) is 0 Å². The highest BCUT2D eigenvalue weighted by molar-refractivity contribution is 7.92. The Bertz CT molecular complexity index is 958. The molecule has 0 saturated heterocycles. The van der Waals surface area contributed by atoms with Crippen molar-refractivity contribution in [3.63, 3.8) is 0 Å². The minimum absolute atomic E-state index is 0.0259. The Morgan fingerprint density at radius 3 is 2.30 bits per heavy atom. The molecular weight excluding hydrogens is 392 g/mol. The first-order valence-corrected chi connectivity index (χ1v) is 9.80. The molecule has 0 fully saturated rings. The minimum atomic E-state index is -3.94. The molecule has 27 heavy (non-hydrogen) atoms. The molecule has 0 unspecified atom stereocenters. The summed E-state index contributed by atoms with van der Waals surface area (Å²) in [6.45, 7) is 3.12. The van der Waals surface area contributed by atoms with E-state index in [4.69, 9.17) is 11.6 Å². The number of sulfonamides is 1. The first kappa shape index (κ1) is 20.7. The maximum Gasteiger partial charge on any atom is 0.337 e. The number of halogens is 1. The lowest BCUT2D eigenvalue weighted by Crippen LogP contribution is -2.31. The fraction of sp³-hybridized carbons (Fsp3) is 0.222. The Kier molecular flexibility index (Phi) is 6.45. The summed E-state index contributed by atoms with van der Waals surface area (Å²) in [4.78, 5) is 22.9. The van der Waals surface area contributed by atoms with Gasteiger partial charge in [-0.25, -0.2) is 13.2 Å². The summed E-state index contributed by atoms with van der Waals surface area (Å²) in [6.07, 6.45) is 0. The zero-order chi connectivity index (χ0) is 20.2. The van der Waals surface area contributed by atoms with Crippen LogP contribution in [-0.4, -0.2) is 33.9 Å². The molecule has 0 aliphatic heterocycles. The fourth-order valence-corrected chi connectivity index (χ4v) is 4.21. The molecule has 0 saturated carbocycles. The van der Waals surface area contributed by atoms with E-state index in [1.807, 2.05) is 0 Å². The van der Waals surface area contributed by atoms with Crippen LogP contribution in [0.25, 0.3) is 0 Å². The number of esters is 1. The van der Waals surface area contributed by atoms with E-state index < -0.39 is 16.0 Å². The predicted molar refractivity (Wildman–Crippen MR) is 104 cm³/mol. The van der Waals surface area contributed by atoms with Crippen molar-refractivity contribution in [2.75, 3.05) is 23.3 Å². The van der Waals surface area contributed by atoms with E-state index in [2.05, 4.69) is 10.1 Å². The van der Waals surface area contributed by atoms with Crippen molar-refractivity contribution < 1.29 is 22.7 Å². The molecule has 0 aliphatic rings. The second kappa shape index (κ2) is 8.41. The number of methoxy groups -OCH3 is 1. The number of amides is 1. The molecule has 2 rings (SSSR count). The van der Waals surface area contributed by atoms with Crippen molar-refractivity contribution >= 4 is 44.9 Å². The van der Waals surface area contributed by atoms with E-state index in [1.54, 1.807) is 6.92 Å². The molecule has 1 N–H and O–H groups in total. The van der Waals surface area contributed by atoms with Crippen LogP contribution in [0, 0.1) is 0 Å². The number of carbonyl (C=O) groups excluding carboxylic acids is 2. The Labute approximate surface area is 162 Å². The third kappa shape index (κ3) is 4.58. The van der Waals surface area contributed by atoms with Crippen LogP contribution in [-0.2, 0) is 19.6 Å². The lowest BCUT2D eigenvalue weighted by molar-refractivity contribution is -0.114. The highest BCUT2D eigenvalue weighted by atomic mass is 35.5. The topological polar surface area (TPSA) is 92.8 Å². The third-order valence-electron chi connectivity index (χ3n) is 3.69. The van der Waals surface area contributed by atoms with Crippen molar-refractivity contribution in [2.45, 2.75) is 18.7 Å². The van der Waals surface area contributed by atoms with Gasteiger partial charge in [0.2, 0.25) is 5.91 Å². The second-order valence-electron chi connectivity index (χ2n) is 5.53. The highest BCUT2D eigenvalue weighted by Gasteiger charge is 2.26. The first-order valence-electron chi connectivity index (χ1n) is 7.99. The summed E-state index contributed by atoms with van der Waals surface area (Å²) in [5.41, 5.74) is 0.842. The average Bonchev–Trinajstić information content (AvgIpc) is 2.63. The Morgan fingerprint density at radius 2 is 1.78 bits per heavy atom. The molecule has 2 aromatic rings. The zero-order valence-corrected chi connectivity index (χ0v) is 16.6. The van der Waals surface area contributed by atoms with E-state index in [9.17, 15) is 18.0 Å². The molecule has 1 amide bonds. The molecular formula is C18H19ClN2O5S. The first-order chi connectivity index (χ1) is 12.7. The summed E-state index contributed by atoms with van der Waals surface area (Å²) in [6, 6.07) is 10.0. The van der Waals surface area contributed by atoms with Gasteiger partial charge < -0.3 is 10.1 Å². The Hall–Kier alpha value is -2.58. The van der Waals surface area contributed by atoms with Gasteiger partial charge in [-0.3, -0.25) is 9.10 Å². The number of ether oxygens (including phenoxy) is 1. The van der Waals surface area contributed by atoms with Gasteiger partial charge in [0.05, 0.1) is 28.3 Å². The molecule has 7 nitrogen and oxygen atoms in total. The number of nitrogens with one attached hydrogen (secondary N) is 1. The number of anilines is 2. The van der Waals surface area contributed by atoms with Crippen LogP contribution < -0.4 is 9.62 Å². The van der Waals surface area contributed by atoms with Gasteiger partial charge in [0.15, 0.2) is 0 Å². The smallest absolute Gasteiger partial charge is 0.337 e. The predicted octanol–water partition coefficient (Wildman–Crippen LogP) is 3.30. The summed E-state index contributed by atoms with van der Waals surface area (Å²) >= 11 is 6.19. The van der Waals surface area contributed by atoms with Gasteiger partial charge in [0.1, 0.15) is 0 Å². The number of carbonyl (C=O) groups is 2. The maximum absolute atomic E-state index is 13.1. The van der Waals surface area contributed by atoms with Crippen molar-refractivity contribution in [3.05, 3.63) is 53.1 Å². The second-order valence-corrected chi connectivity index (χ2v) is 7.80. The largest absolute Gasteiger partial charge is 0.465 e. The van der Waals surface area contributed by atoms with Gasteiger partial charge in [-0.1, -0.05) is 11.6 Å². The quantitative estimate of drug-likeness (QED) is 0.737. The Balaban J connectivity index is 2.46. The van der Waals surface area contributed by atoms with E-state index in [0.29, 0.717) is 5.69 Å².